The molecule has 0 bridgehead atoms. The molecule has 0 amide bonds. The van der Waals surface area contributed by atoms with Gasteiger partial charge in [0.05, 0.1) is 12.7 Å². The highest BCUT2D eigenvalue weighted by molar-refractivity contribution is 14.0. The van der Waals surface area contributed by atoms with Crippen molar-refractivity contribution in [1.29, 1.82) is 0 Å². The van der Waals surface area contributed by atoms with E-state index in [4.69, 9.17) is 9.73 Å². The van der Waals surface area contributed by atoms with Crippen LogP contribution in [0.1, 0.15) is 43.2 Å². The summed E-state index contributed by atoms with van der Waals surface area (Å²) >= 11 is 0. The van der Waals surface area contributed by atoms with Gasteiger partial charge in [-0.25, -0.2) is 4.39 Å². The molecule has 2 aliphatic rings. The van der Waals surface area contributed by atoms with Gasteiger partial charge in [0, 0.05) is 57.4 Å². The smallest absolute Gasteiger partial charge is 0.193 e. The van der Waals surface area contributed by atoms with Gasteiger partial charge in [-0.15, -0.1) is 24.0 Å². The number of rotatable bonds is 5. The van der Waals surface area contributed by atoms with Gasteiger partial charge >= 0.3 is 0 Å². The minimum atomic E-state index is -0.198. The summed E-state index contributed by atoms with van der Waals surface area (Å²) in [5, 5.41) is 7.81. The number of nitrogens with one attached hydrogen (secondary N) is 1. The molecule has 2 aliphatic heterocycles. The summed E-state index contributed by atoms with van der Waals surface area (Å²) in [6, 6.07) is 6.94. The van der Waals surface area contributed by atoms with E-state index in [-0.39, 0.29) is 35.2 Å². The van der Waals surface area contributed by atoms with Gasteiger partial charge in [-0.1, -0.05) is 12.1 Å². The van der Waals surface area contributed by atoms with Crippen molar-refractivity contribution < 1.29 is 9.13 Å². The van der Waals surface area contributed by atoms with Crippen LogP contribution in [0.3, 0.4) is 0 Å². The first-order valence-electron chi connectivity index (χ1n) is 11.0. The molecule has 6 nitrogen and oxygen atoms in total. The van der Waals surface area contributed by atoms with Crippen LogP contribution in [0.2, 0.25) is 0 Å². The fourth-order valence-electron chi connectivity index (χ4n) is 4.63. The molecule has 0 spiro atoms. The molecule has 3 heterocycles. The second-order valence-corrected chi connectivity index (χ2v) is 8.45. The number of halogens is 2. The van der Waals surface area contributed by atoms with E-state index in [0.717, 1.165) is 63.6 Å². The van der Waals surface area contributed by atoms with Gasteiger partial charge in [0.2, 0.25) is 0 Å². The van der Waals surface area contributed by atoms with Crippen molar-refractivity contribution >= 4 is 29.9 Å². The predicted octanol–water partition coefficient (Wildman–Crippen LogP) is 3.68. The molecule has 0 aliphatic carbocycles. The van der Waals surface area contributed by atoms with Crippen molar-refractivity contribution in [2.24, 2.45) is 12.0 Å². The quantitative estimate of drug-likeness (QED) is 0.357. The van der Waals surface area contributed by atoms with Crippen LogP contribution in [-0.4, -0.2) is 60.0 Å². The first kappa shape index (κ1) is 24.0. The van der Waals surface area contributed by atoms with Crippen LogP contribution < -0.4 is 5.32 Å². The van der Waals surface area contributed by atoms with Gasteiger partial charge in [0.25, 0.3) is 0 Å². The molecule has 31 heavy (non-hydrogen) atoms. The topological polar surface area (TPSA) is 54.7 Å². The van der Waals surface area contributed by atoms with Crippen molar-refractivity contribution in [2.75, 3.05) is 39.4 Å². The summed E-state index contributed by atoms with van der Waals surface area (Å²) < 4.78 is 21.0. The van der Waals surface area contributed by atoms with E-state index < -0.39 is 0 Å². The second-order valence-electron chi connectivity index (χ2n) is 8.45. The molecular formula is C23H33FIN5O. The van der Waals surface area contributed by atoms with Gasteiger partial charge < -0.3 is 15.0 Å². The molecule has 1 aromatic heterocycles. The lowest BCUT2D eigenvalue weighted by atomic mass is 9.74. The molecule has 1 aromatic carbocycles. The normalized spacial score (nSPS) is 21.1. The van der Waals surface area contributed by atoms with Gasteiger partial charge in [-0.2, -0.15) is 5.10 Å². The van der Waals surface area contributed by atoms with Crippen LogP contribution in [0.5, 0.6) is 0 Å². The maximum atomic E-state index is 13.5. The Morgan fingerprint density at radius 3 is 2.68 bits per heavy atom. The molecule has 2 saturated heterocycles. The van der Waals surface area contributed by atoms with E-state index in [9.17, 15) is 4.39 Å². The summed E-state index contributed by atoms with van der Waals surface area (Å²) in [6.07, 6.45) is 7.00. The van der Waals surface area contributed by atoms with Crippen LogP contribution in [0.4, 0.5) is 4.39 Å². The average Bonchev–Trinajstić information content (AvgIpc) is 3.41. The molecule has 2 fully saturated rings. The number of aromatic nitrogens is 2. The molecule has 1 N–H and O–H groups in total. The second kappa shape index (κ2) is 10.8. The summed E-state index contributed by atoms with van der Waals surface area (Å²) in [4.78, 5) is 7.44. The van der Waals surface area contributed by atoms with Crippen LogP contribution in [0.25, 0.3) is 0 Å². The molecule has 0 saturated carbocycles. The zero-order chi connectivity index (χ0) is 21.0. The third kappa shape index (κ3) is 5.58. The van der Waals surface area contributed by atoms with E-state index in [1.165, 1.54) is 5.56 Å². The Hall–Kier alpha value is -1.68. The van der Waals surface area contributed by atoms with E-state index in [1.807, 2.05) is 30.1 Å². The molecule has 0 radical (unpaired) electrons. The molecule has 1 atom stereocenters. The highest BCUT2D eigenvalue weighted by Crippen LogP contribution is 2.35. The first-order valence-corrected chi connectivity index (χ1v) is 11.0. The minimum absolute atomic E-state index is 0. The summed E-state index contributed by atoms with van der Waals surface area (Å²) in [6.45, 7) is 6.99. The van der Waals surface area contributed by atoms with Gasteiger partial charge in [0.1, 0.15) is 5.82 Å². The zero-order valence-corrected chi connectivity index (χ0v) is 20.7. The highest BCUT2D eigenvalue weighted by atomic mass is 127. The Bertz CT molecular complexity index is 863. The van der Waals surface area contributed by atoms with Gasteiger partial charge in [-0.05, 0) is 49.4 Å². The van der Waals surface area contributed by atoms with Crippen molar-refractivity contribution in [2.45, 2.75) is 37.5 Å². The monoisotopic (exact) mass is 541 g/mol. The number of benzene rings is 1. The molecule has 170 valence electrons. The van der Waals surface area contributed by atoms with E-state index >= 15 is 0 Å². The Morgan fingerprint density at radius 1 is 1.29 bits per heavy atom. The lowest BCUT2D eigenvalue weighted by Crippen LogP contribution is -2.42. The largest absolute Gasteiger partial charge is 0.381 e. The number of aryl methyl sites for hydroxylation is 1. The van der Waals surface area contributed by atoms with Crippen molar-refractivity contribution in [1.82, 2.24) is 20.0 Å². The molecular weight excluding hydrogens is 508 g/mol. The lowest BCUT2D eigenvalue weighted by Gasteiger charge is -2.37. The number of nitrogens with zero attached hydrogens (tertiary/aromatic N) is 4. The maximum absolute atomic E-state index is 13.5. The SMILES string of the molecule is CCNC(=NCC1(c2ccc(F)cc2)CCOCC1)N1CCC(c2cnn(C)c2)C1.I. The van der Waals surface area contributed by atoms with Gasteiger partial charge in [0.15, 0.2) is 5.96 Å². The van der Waals surface area contributed by atoms with E-state index in [2.05, 4.69) is 28.4 Å². The number of hydrogen-bond donors (Lipinski definition) is 1. The molecule has 1 unspecified atom stereocenters. The standard InChI is InChI=1S/C23H32FN5O.HI/c1-3-25-22(29-11-8-18(16-29)19-14-27-28(2)15-19)26-17-23(9-12-30-13-10-23)20-4-6-21(24)7-5-20;/h4-7,14-15,18H,3,8-13,16-17H2,1-2H3,(H,25,26);1H. The Balaban J connectivity index is 0.00000272. The average molecular weight is 541 g/mol. The number of guanidine groups is 1. The number of aliphatic imine (C=N–C) groups is 1. The molecule has 4 rings (SSSR count). The zero-order valence-electron chi connectivity index (χ0n) is 18.4. The maximum Gasteiger partial charge on any atom is 0.193 e. The van der Waals surface area contributed by atoms with Crippen LogP contribution in [-0.2, 0) is 17.2 Å². The van der Waals surface area contributed by atoms with Crippen molar-refractivity contribution in [3.8, 4) is 0 Å². The van der Waals surface area contributed by atoms with E-state index in [0.29, 0.717) is 12.5 Å². The molecule has 8 heteroatoms. The summed E-state index contributed by atoms with van der Waals surface area (Å²) in [5.74, 6) is 1.25. The Labute approximate surface area is 201 Å². The number of hydrogen-bond acceptors (Lipinski definition) is 3. The third-order valence-electron chi connectivity index (χ3n) is 6.46. The van der Waals surface area contributed by atoms with Crippen LogP contribution in [0, 0.1) is 5.82 Å². The molecule has 2 aromatic rings. The van der Waals surface area contributed by atoms with Crippen LogP contribution >= 0.6 is 24.0 Å². The highest BCUT2D eigenvalue weighted by Gasteiger charge is 2.35. The lowest BCUT2D eigenvalue weighted by molar-refractivity contribution is 0.0530. The van der Waals surface area contributed by atoms with E-state index in [1.54, 1.807) is 12.1 Å². The van der Waals surface area contributed by atoms with Crippen molar-refractivity contribution in [3.05, 3.63) is 53.6 Å². The third-order valence-corrected chi connectivity index (χ3v) is 6.46. The minimum Gasteiger partial charge on any atom is -0.381 e. The first-order chi connectivity index (χ1) is 14.6. The Morgan fingerprint density at radius 2 is 2.03 bits per heavy atom. The number of likely N-dealkylation sites (tertiary alicyclic amines) is 1. The summed E-state index contributed by atoms with van der Waals surface area (Å²) in [7, 11) is 1.96. The van der Waals surface area contributed by atoms with Crippen LogP contribution in [0.15, 0.2) is 41.7 Å². The number of ether oxygens (including phenoxy) is 1. The fourth-order valence-corrected chi connectivity index (χ4v) is 4.63. The van der Waals surface area contributed by atoms with Crippen molar-refractivity contribution in [3.63, 3.8) is 0 Å². The predicted molar refractivity (Wildman–Crippen MR) is 132 cm³/mol. The fraction of sp³-hybridized carbons (Fsp3) is 0.565. The van der Waals surface area contributed by atoms with Gasteiger partial charge in [-0.3, -0.25) is 9.67 Å². The summed E-state index contributed by atoms with van der Waals surface area (Å²) in [5.41, 5.74) is 2.35. The Kier molecular flexibility index (Phi) is 8.32.